The summed E-state index contributed by atoms with van der Waals surface area (Å²) in [6.07, 6.45) is 0.301. The van der Waals surface area contributed by atoms with Crippen LogP contribution in [0.4, 0.5) is 0 Å². The molecule has 0 spiro atoms. The first-order chi connectivity index (χ1) is 7.47. The van der Waals surface area contributed by atoms with E-state index in [9.17, 15) is 9.90 Å². The van der Waals surface area contributed by atoms with E-state index in [0.29, 0.717) is 6.61 Å². The zero-order valence-corrected chi connectivity index (χ0v) is 10.8. The van der Waals surface area contributed by atoms with E-state index in [2.05, 4.69) is 0 Å². The molecule has 2 atom stereocenters. The van der Waals surface area contributed by atoms with Gasteiger partial charge in [-0.3, -0.25) is 9.69 Å². The van der Waals surface area contributed by atoms with Gasteiger partial charge in [0.05, 0.1) is 18.6 Å². The quantitative estimate of drug-likeness (QED) is 0.759. The fourth-order valence-electron chi connectivity index (χ4n) is 1.58. The molecule has 1 saturated heterocycles. The van der Waals surface area contributed by atoms with Gasteiger partial charge in [0.1, 0.15) is 6.61 Å². The Morgan fingerprint density at radius 2 is 2.31 bits per heavy atom. The van der Waals surface area contributed by atoms with Crippen molar-refractivity contribution in [2.45, 2.75) is 45.8 Å². The number of carbonyl (C=O) groups is 1. The lowest BCUT2D eigenvalue weighted by Crippen LogP contribution is -2.40. The van der Waals surface area contributed by atoms with E-state index < -0.39 is 6.10 Å². The first-order valence-electron chi connectivity index (χ1n) is 5.64. The Labute approximate surface area is 102 Å². The SMILES string of the molecule is CC[C@H]1COC(=S)N1C(=O)C[C@@H](O)C(C)C. The molecule has 16 heavy (non-hydrogen) atoms. The number of rotatable bonds is 4. The molecule has 0 aromatic carbocycles. The molecular formula is C11H19NO3S. The summed E-state index contributed by atoms with van der Waals surface area (Å²) >= 11 is 4.98. The van der Waals surface area contributed by atoms with Gasteiger partial charge in [-0.2, -0.15) is 0 Å². The fourth-order valence-corrected chi connectivity index (χ4v) is 1.90. The molecule has 1 heterocycles. The predicted molar refractivity (Wildman–Crippen MR) is 64.9 cm³/mol. The van der Waals surface area contributed by atoms with E-state index in [-0.39, 0.29) is 29.5 Å². The summed E-state index contributed by atoms with van der Waals surface area (Å²) in [5.41, 5.74) is 0. The number of hydrogen-bond donors (Lipinski definition) is 1. The predicted octanol–water partition coefficient (Wildman–Crippen LogP) is 1.32. The van der Waals surface area contributed by atoms with Crippen molar-refractivity contribution in [1.82, 2.24) is 4.90 Å². The highest BCUT2D eigenvalue weighted by molar-refractivity contribution is 7.80. The van der Waals surface area contributed by atoms with Gasteiger partial charge in [0.2, 0.25) is 5.91 Å². The minimum absolute atomic E-state index is 0.0272. The summed E-state index contributed by atoms with van der Waals surface area (Å²) in [5.74, 6) is -0.0725. The largest absolute Gasteiger partial charge is 0.468 e. The molecule has 1 aliphatic rings. The van der Waals surface area contributed by atoms with Crippen LogP contribution in [0.1, 0.15) is 33.6 Å². The Bertz CT molecular complexity index is 280. The Hall–Kier alpha value is -0.680. The van der Waals surface area contributed by atoms with E-state index in [1.807, 2.05) is 20.8 Å². The van der Waals surface area contributed by atoms with Gasteiger partial charge in [0.15, 0.2) is 0 Å². The highest BCUT2D eigenvalue weighted by Gasteiger charge is 2.34. The molecule has 4 nitrogen and oxygen atoms in total. The molecule has 0 aromatic rings. The number of carbonyl (C=O) groups excluding carboxylic acids is 1. The second-order valence-corrected chi connectivity index (χ2v) is 4.77. The summed E-state index contributed by atoms with van der Waals surface area (Å²) in [6.45, 7) is 6.22. The van der Waals surface area contributed by atoms with E-state index in [4.69, 9.17) is 17.0 Å². The molecule has 0 aromatic heterocycles. The van der Waals surface area contributed by atoms with E-state index >= 15 is 0 Å². The summed E-state index contributed by atoms with van der Waals surface area (Å²) in [7, 11) is 0. The van der Waals surface area contributed by atoms with E-state index in [1.54, 1.807) is 0 Å². The number of thiocarbonyl (C=S) groups is 1. The van der Waals surface area contributed by atoms with Crippen LogP contribution in [0.2, 0.25) is 0 Å². The van der Waals surface area contributed by atoms with E-state index in [1.165, 1.54) is 4.90 Å². The van der Waals surface area contributed by atoms with Gasteiger partial charge in [0, 0.05) is 0 Å². The van der Waals surface area contributed by atoms with Crippen LogP contribution in [0, 0.1) is 5.92 Å². The molecule has 92 valence electrons. The molecule has 0 aliphatic carbocycles. The van der Waals surface area contributed by atoms with Crippen molar-refractivity contribution in [1.29, 1.82) is 0 Å². The van der Waals surface area contributed by atoms with Gasteiger partial charge in [-0.25, -0.2) is 0 Å². The van der Waals surface area contributed by atoms with Crippen molar-refractivity contribution in [2.24, 2.45) is 5.92 Å². The third kappa shape index (κ3) is 2.92. The lowest BCUT2D eigenvalue weighted by molar-refractivity contribution is -0.130. The molecule has 0 radical (unpaired) electrons. The zero-order valence-electron chi connectivity index (χ0n) is 9.97. The molecule has 1 fully saturated rings. The van der Waals surface area contributed by atoms with Gasteiger partial charge in [-0.05, 0) is 24.6 Å². The van der Waals surface area contributed by atoms with Crippen LogP contribution in [0.5, 0.6) is 0 Å². The monoisotopic (exact) mass is 245 g/mol. The van der Waals surface area contributed by atoms with Crippen molar-refractivity contribution >= 4 is 23.3 Å². The van der Waals surface area contributed by atoms with Gasteiger partial charge in [0.25, 0.3) is 5.17 Å². The van der Waals surface area contributed by atoms with Crippen molar-refractivity contribution in [3.05, 3.63) is 0 Å². The lowest BCUT2D eigenvalue weighted by Gasteiger charge is -2.22. The van der Waals surface area contributed by atoms with Crippen molar-refractivity contribution < 1.29 is 14.6 Å². The second-order valence-electron chi connectivity index (χ2n) is 4.42. The molecule has 1 rings (SSSR count). The van der Waals surface area contributed by atoms with Crippen LogP contribution in [-0.4, -0.2) is 39.8 Å². The van der Waals surface area contributed by atoms with E-state index in [0.717, 1.165) is 6.42 Å². The maximum atomic E-state index is 11.9. The molecule has 1 amide bonds. The average Bonchev–Trinajstić information content (AvgIpc) is 2.59. The third-order valence-electron chi connectivity index (χ3n) is 2.85. The van der Waals surface area contributed by atoms with Crippen molar-refractivity contribution in [3.8, 4) is 0 Å². The van der Waals surface area contributed by atoms with Crippen LogP contribution >= 0.6 is 12.2 Å². The average molecular weight is 245 g/mol. The highest BCUT2D eigenvalue weighted by Crippen LogP contribution is 2.18. The highest BCUT2D eigenvalue weighted by atomic mass is 32.1. The minimum atomic E-state index is -0.617. The second kappa shape index (κ2) is 5.59. The Kier molecular flexibility index (Phi) is 4.68. The third-order valence-corrected chi connectivity index (χ3v) is 3.17. The number of hydrogen-bond acceptors (Lipinski definition) is 4. The number of aliphatic hydroxyl groups is 1. The number of aliphatic hydroxyl groups excluding tert-OH is 1. The van der Waals surface area contributed by atoms with Gasteiger partial charge in [-0.15, -0.1) is 0 Å². The maximum Gasteiger partial charge on any atom is 0.266 e. The number of amides is 1. The standard InChI is InChI=1S/C11H19NO3S/c1-4-8-6-15-11(16)12(8)10(14)5-9(13)7(2)3/h7-9,13H,4-6H2,1-3H3/t8-,9+/m0/s1. The Morgan fingerprint density at radius 1 is 1.69 bits per heavy atom. The molecule has 1 aliphatic heterocycles. The summed E-state index contributed by atoms with van der Waals surface area (Å²) < 4.78 is 5.19. The molecular weight excluding hydrogens is 226 g/mol. The smallest absolute Gasteiger partial charge is 0.266 e. The maximum absolute atomic E-state index is 11.9. The van der Waals surface area contributed by atoms with Gasteiger partial charge in [-0.1, -0.05) is 20.8 Å². The molecule has 0 unspecified atom stereocenters. The van der Waals surface area contributed by atoms with Crippen LogP contribution in [-0.2, 0) is 9.53 Å². The van der Waals surface area contributed by atoms with Crippen LogP contribution in [0.3, 0.4) is 0 Å². The summed E-state index contributed by atoms with van der Waals surface area (Å²) in [4.78, 5) is 13.4. The molecule has 1 N–H and O–H groups in total. The first kappa shape index (κ1) is 13.4. The van der Waals surface area contributed by atoms with Gasteiger partial charge >= 0.3 is 0 Å². The number of nitrogens with zero attached hydrogens (tertiary/aromatic N) is 1. The first-order valence-corrected chi connectivity index (χ1v) is 6.05. The van der Waals surface area contributed by atoms with Crippen molar-refractivity contribution in [3.63, 3.8) is 0 Å². The lowest BCUT2D eigenvalue weighted by atomic mass is 10.0. The Balaban J connectivity index is 2.61. The van der Waals surface area contributed by atoms with Gasteiger partial charge < -0.3 is 9.84 Å². The minimum Gasteiger partial charge on any atom is -0.468 e. The van der Waals surface area contributed by atoms with Crippen LogP contribution < -0.4 is 0 Å². The topological polar surface area (TPSA) is 49.8 Å². The Morgan fingerprint density at radius 3 is 2.81 bits per heavy atom. The van der Waals surface area contributed by atoms with Crippen molar-refractivity contribution in [2.75, 3.05) is 6.61 Å². The zero-order chi connectivity index (χ0) is 12.3. The summed E-state index contributed by atoms with van der Waals surface area (Å²) in [6, 6.07) is 0.0272. The summed E-state index contributed by atoms with van der Waals surface area (Å²) in [5, 5.41) is 9.91. The molecule has 5 heteroatoms. The number of ether oxygens (including phenoxy) is 1. The molecule has 0 bridgehead atoms. The molecule has 0 saturated carbocycles. The fraction of sp³-hybridized carbons (Fsp3) is 0.818. The normalized spacial score (nSPS) is 22.4. The van der Waals surface area contributed by atoms with Crippen LogP contribution in [0.15, 0.2) is 0 Å². The van der Waals surface area contributed by atoms with Crippen LogP contribution in [0.25, 0.3) is 0 Å².